The summed E-state index contributed by atoms with van der Waals surface area (Å²) in [6.45, 7) is 5.96. The molecule has 0 aromatic carbocycles. The zero-order chi connectivity index (χ0) is 11.3. The van der Waals surface area contributed by atoms with Crippen molar-refractivity contribution in [2.75, 3.05) is 12.7 Å². The van der Waals surface area contributed by atoms with Gasteiger partial charge in [0.05, 0.1) is 6.54 Å². The van der Waals surface area contributed by atoms with Crippen LogP contribution in [0.15, 0.2) is 17.6 Å². The van der Waals surface area contributed by atoms with E-state index in [2.05, 4.69) is 20.8 Å². The number of hydrogen-bond donors (Lipinski definition) is 0. The third-order valence-electron chi connectivity index (χ3n) is 2.97. The van der Waals surface area contributed by atoms with Crippen LogP contribution in [0.4, 0.5) is 4.39 Å². The van der Waals surface area contributed by atoms with Gasteiger partial charge < -0.3 is 0 Å². The van der Waals surface area contributed by atoms with Crippen molar-refractivity contribution in [1.82, 2.24) is 0 Å². The van der Waals surface area contributed by atoms with E-state index in [9.17, 15) is 4.39 Å². The SMILES string of the molecule is C=CCN=C1CC(C)(F)CCC1CCP. The summed E-state index contributed by atoms with van der Waals surface area (Å²) in [6.07, 6.45) is 6.08. The Kier molecular flexibility index (Phi) is 4.92. The summed E-state index contributed by atoms with van der Waals surface area (Å²) in [5.74, 6) is 0.492. The first-order chi connectivity index (χ1) is 7.09. The summed E-state index contributed by atoms with van der Waals surface area (Å²) in [7, 11) is 2.74. The largest absolute Gasteiger partial charge is 0.290 e. The van der Waals surface area contributed by atoms with Crippen molar-refractivity contribution in [3.8, 4) is 0 Å². The van der Waals surface area contributed by atoms with Crippen molar-refractivity contribution in [1.29, 1.82) is 0 Å². The Morgan fingerprint density at radius 1 is 1.73 bits per heavy atom. The van der Waals surface area contributed by atoms with E-state index < -0.39 is 5.67 Å². The molecule has 3 atom stereocenters. The van der Waals surface area contributed by atoms with Crippen LogP contribution in [-0.2, 0) is 0 Å². The number of alkyl halides is 1. The highest BCUT2D eigenvalue weighted by Gasteiger charge is 2.34. The van der Waals surface area contributed by atoms with Crippen molar-refractivity contribution in [2.45, 2.75) is 38.3 Å². The van der Waals surface area contributed by atoms with Gasteiger partial charge in [-0.3, -0.25) is 4.99 Å². The van der Waals surface area contributed by atoms with Crippen LogP contribution in [-0.4, -0.2) is 24.1 Å². The second-order valence-electron chi connectivity index (χ2n) is 4.52. The van der Waals surface area contributed by atoms with Gasteiger partial charge in [-0.05, 0) is 38.3 Å². The van der Waals surface area contributed by atoms with E-state index in [0.717, 1.165) is 24.7 Å². The number of aliphatic imine (C=N–C) groups is 1. The molecule has 0 amide bonds. The van der Waals surface area contributed by atoms with Gasteiger partial charge in [-0.1, -0.05) is 6.08 Å². The molecule has 1 rings (SSSR count). The Hall–Kier alpha value is -0.230. The Morgan fingerprint density at radius 3 is 3.07 bits per heavy atom. The van der Waals surface area contributed by atoms with Gasteiger partial charge in [0.15, 0.2) is 0 Å². The van der Waals surface area contributed by atoms with Gasteiger partial charge in [0, 0.05) is 12.1 Å². The number of rotatable bonds is 4. The van der Waals surface area contributed by atoms with Crippen LogP contribution in [0.3, 0.4) is 0 Å². The second kappa shape index (κ2) is 5.75. The topological polar surface area (TPSA) is 12.4 Å². The predicted molar refractivity (Wildman–Crippen MR) is 68.5 cm³/mol. The fourth-order valence-corrected chi connectivity index (χ4v) is 2.53. The third kappa shape index (κ3) is 4.03. The van der Waals surface area contributed by atoms with Gasteiger partial charge >= 0.3 is 0 Å². The summed E-state index contributed by atoms with van der Waals surface area (Å²) in [5.41, 5.74) is 0.0193. The van der Waals surface area contributed by atoms with Crippen LogP contribution < -0.4 is 0 Å². The molecule has 0 spiro atoms. The van der Waals surface area contributed by atoms with Crippen LogP contribution >= 0.6 is 9.24 Å². The van der Waals surface area contributed by atoms with Crippen molar-refractivity contribution in [2.24, 2.45) is 10.9 Å². The number of hydrogen-bond acceptors (Lipinski definition) is 1. The summed E-state index contributed by atoms with van der Waals surface area (Å²) in [4.78, 5) is 4.45. The van der Waals surface area contributed by atoms with Gasteiger partial charge in [0.1, 0.15) is 5.67 Å². The number of nitrogens with zero attached hydrogens (tertiary/aromatic N) is 1. The monoisotopic (exact) mass is 229 g/mol. The van der Waals surface area contributed by atoms with Gasteiger partial charge in [0.2, 0.25) is 0 Å². The third-order valence-corrected chi connectivity index (χ3v) is 3.31. The zero-order valence-corrected chi connectivity index (χ0v) is 10.7. The minimum Gasteiger partial charge on any atom is -0.290 e. The molecule has 0 heterocycles. The van der Waals surface area contributed by atoms with Crippen LogP contribution in [0.1, 0.15) is 32.6 Å². The molecule has 1 aliphatic rings. The molecule has 15 heavy (non-hydrogen) atoms. The molecule has 3 unspecified atom stereocenters. The van der Waals surface area contributed by atoms with E-state index in [1.165, 1.54) is 0 Å². The van der Waals surface area contributed by atoms with E-state index in [-0.39, 0.29) is 0 Å². The van der Waals surface area contributed by atoms with Crippen LogP contribution in [0, 0.1) is 5.92 Å². The first-order valence-corrected chi connectivity index (χ1v) is 6.44. The van der Waals surface area contributed by atoms with Crippen LogP contribution in [0.25, 0.3) is 0 Å². The van der Waals surface area contributed by atoms with Gasteiger partial charge in [-0.2, -0.15) is 0 Å². The van der Waals surface area contributed by atoms with E-state index in [1.807, 2.05) is 0 Å². The maximum Gasteiger partial charge on any atom is 0.113 e. The zero-order valence-electron chi connectivity index (χ0n) is 9.51. The molecule has 3 heteroatoms. The molecule has 0 saturated heterocycles. The lowest BCUT2D eigenvalue weighted by atomic mass is 9.78. The summed E-state index contributed by atoms with van der Waals surface area (Å²) < 4.78 is 13.9. The highest BCUT2D eigenvalue weighted by molar-refractivity contribution is 7.16. The smallest absolute Gasteiger partial charge is 0.113 e. The molecule has 0 bridgehead atoms. The summed E-state index contributed by atoms with van der Waals surface area (Å²) in [6, 6.07) is 0. The number of halogens is 1. The lowest BCUT2D eigenvalue weighted by Gasteiger charge is -2.32. The van der Waals surface area contributed by atoms with Crippen molar-refractivity contribution < 1.29 is 4.39 Å². The molecule has 0 aromatic rings. The normalized spacial score (nSPS) is 34.3. The Balaban J connectivity index is 2.68. The first kappa shape index (κ1) is 12.8. The van der Waals surface area contributed by atoms with Crippen LogP contribution in [0.5, 0.6) is 0 Å². The van der Waals surface area contributed by atoms with E-state index in [4.69, 9.17) is 0 Å². The Bertz CT molecular complexity index is 248. The maximum atomic E-state index is 13.9. The average Bonchev–Trinajstić information content (AvgIpc) is 2.18. The molecule has 1 aliphatic carbocycles. The summed E-state index contributed by atoms with van der Waals surface area (Å²) >= 11 is 0. The fourth-order valence-electron chi connectivity index (χ4n) is 2.13. The predicted octanol–water partition coefficient (Wildman–Crippen LogP) is 3.41. The van der Waals surface area contributed by atoms with E-state index >= 15 is 0 Å². The molecule has 1 fully saturated rings. The van der Waals surface area contributed by atoms with Crippen LogP contribution in [0.2, 0.25) is 0 Å². The highest BCUT2D eigenvalue weighted by Crippen LogP contribution is 2.34. The quantitative estimate of drug-likeness (QED) is 0.517. The van der Waals surface area contributed by atoms with Gasteiger partial charge in [-0.25, -0.2) is 4.39 Å². The average molecular weight is 229 g/mol. The maximum absolute atomic E-state index is 13.9. The molecular formula is C12H21FNP. The molecular weight excluding hydrogens is 208 g/mol. The van der Waals surface area contributed by atoms with E-state index in [0.29, 0.717) is 25.3 Å². The molecule has 1 nitrogen and oxygen atoms in total. The summed E-state index contributed by atoms with van der Waals surface area (Å²) in [5, 5.41) is 0. The van der Waals surface area contributed by atoms with Crippen molar-refractivity contribution >= 4 is 15.0 Å². The Labute approximate surface area is 94.4 Å². The fraction of sp³-hybridized carbons (Fsp3) is 0.750. The second-order valence-corrected chi connectivity index (χ2v) is 5.10. The molecule has 0 radical (unpaired) electrons. The highest BCUT2D eigenvalue weighted by atomic mass is 31.0. The molecule has 0 aromatic heterocycles. The van der Waals surface area contributed by atoms with Gasteiger partial charge in [-0.15, -0.1) is 15.8 Å². The minimum absolute atomic E-state index is 0.492. The standard InChI is InChI=1S/C12H21FNP/c1-3-7-14-11-9-12(2,13)6-4-10(11)5-8-15/h3,10H,1,4-9,15H2,2H3. The minimum atomic E-state index is -1.04. The lowest BCUT2D eigenvalue weighted by Crippen LogP contribution is -2.34. The lowest BCUT2D eigenvalue weighted by molar-refractivity contribution is 0.158. The van der Waals surface area contributed by atoms with Gasteiger partial charge in [0.25, 0.3) is 0 Å². The van der Waals surface area contributed by atoms with Crippen molar-refractivity contribution in [3.63, 3.8) is 0 Å². The van der Waals surface area contributed by atoms with E-state index in [1.54, 1.807) is 13.0 Å². The molecule has 0 N–H and O–H groups in total. The molecule has 1 saturated carbocycles. The van der Waals surface area contributed by atoms with Crippen molar-refractivity contribution in [3.05, 3.63) is 12.7 Å². The Morgan fingerprint density at radius 2 is 2.47 bits per heavy atom. The molecule has 86 valence electrons. The first-order valence-electron chi connectivity index (χ1n) is 5.62. The molecule has 0 aliphatic heterocycles.